The van der Waals surface area contributed by atoms with Crippen LogP contribution in [0.5, 0.6) is 11.5 Å². The molecule has 1 N–H and O–H groups in total. The number of aryl methyl sites for hydroxylation is 2. The van der Waals surface area contributed by atoms with Crippen molar-refractivity contribution < 1.29 is 19.6 Å². The van der Waals surface area contributed by atoms with Gasteiger partial charge in [0.25, 0.3) is 5.69 Å². The average Bonchev–Trinajstić information content (AvgIpc) is 2.80. The third-order valence-corrected chi connectivity index (χ3v) is 4.98. The number of aromatic nitrogens is 1. The van der Waals surface area contributed by atoms with E-state index in [1.807, 2.05) is 0 Å². The molecular weight excluding hydrogens is 424 g/mol. The second-order valence-corrected chi connectivity index (χ2v) is 7.36. The summed E-state index contributed by atoms with van der Waals surface area (Å²) < 4.78 is 5.42. The molecule has 0 atom stereocenters. The first-order valence-electron chi connectivity index (χ1n) is 9.88. The number of nitrogens with zero attached hydrogens (tertiary/aromatic N) is 4. The van der Waals surface area contributed by atoms with E-state index in [1.54, 1.807) is 56.6 Å². The lowest BCUT2D eigenvalue weighted by Gasteiger charge is -2.08. The van der Waals surface area contributed by atoms with Gasteiger partial charge in [0.1, 0.15) is 17.2 Å². The Morgan fingerprint density at radius 3 is 2.36 bits per heavy atom. The van der Waals surface area contributed by atoms with Crippen molar-refractivity contribution >= 4 is 33.8 Å². The Bertz CT molecular complexity index is 1390. The first-order valence-corrected chi connectivity index (χ1v) is 9.88. The minimum Gasteiger partial charge on any atom is -0.507 e. The summed E-state index contributed by atoms with van der Waals surface area (Å²) in [6, 6.07) is 13.6. The summed E-state index contributed by atoms with van der Waals surface area (Å²) in [5.41, 5.74) is 2.16. The monoisotopic (exact) mass is 442 g/mol. The summed E-state index contributed by atoms with van der Waals surface area (Å²) in [7, 11) is 0. The van der Waals surface area contributed by atoms with Crippen LogP contribution < -0.4 is 4.74 Å². The predicted molar refractivity (Wildman–Crippen MR) is 122 cm³/mol. The van der Waals surface area contributed by atoms with Gasteiger partial charge in [-0.1, -0.05) is 0 Å². The lowest BCUT2D eigenvalue weighted by molar-refractivity contribution is -0.384. The summed E-state index contributed by atoms with van der Waals surface area (Å²) in [5.74, 6) is -0.333. The predicted octanol–water partition coefficient (Wildman–Crippen LogP) is 6.10. The van der Waals surface area contributed by atoms with Gasteiger partial charge in [0.05, 0.1) is 16.2 Å². The van der Waals surface area contributed by atoms with E-state index >= 15 is 0 Å². The molecule has 164 valence electrons. The number of rotatable bonds is 5. The number of carbonyl (C=O) groups is 1. The van der Waals surface area contributed by atoms with E-state index < -0.39 is 10.9 Å². The SMILES string of the molecule is Cc1cc(/N=N/c2cc3cnccc3cc2C(=O)Oc2ccc([N+](=O)[O-])cc2)cc(C)c1O. The molecule has 0 aliphatic heterocycles. The number of nitro groups is 1. The number of aromatic hydroxyl groups is 1. The van der Waals surface area contributed by atoms with Crippen molar-refractivity contribution in [2.75, 3.05) is 0 Å². The molecule has 0 bridgehead atoms. The molecule has 0 aliphatic carbocycles. The molecule has 4 rings (SSSR count). The van der Waals surface area contributed by atoms with Gasteiger partial charge in [-0.15, -0.1) is 5.11 Å². The van der Waals surface area contributed by atoms with E-state index in [0.717, 1.165) is 10.8 Å². The van der Waals surface area contributed by atoms with E-state index in [2.05, 4.69) is 15.2 Å². The fraction of sp³-hybridized carbons (Fsp3) is 0.0833. The number of phenols is 1. The Kier molecular flexibility index (Phi) is 5.77. The van der Waals surface area contributed by atoms with Crippen molar-refractivity contribution in [1.29, 1.82) is 0 Å². The Balaban J connectivity index is 1.71. The van der Waals surface area contributed by atoms with Gasteiger partial charge in [-0.3, -0.25) is 15.1 Å². The molecule has 1 heterocycles. The Morgan fingerprint density at radius 1 is 1.00 bits per heavy atom. The molecule has 9 nitrogen and oxygen atoms in total. The van der Waals surface area contributed by atoms with Gasteiger partial charge in [0.15, 0.2) is 0 Å². The third-order valence-electron chi connectivity index (χ3n) is 4.98. The van der Waals surface area contributed by atoms with Crippen LogP contribution in [0.2, 0.25) is 0 Å². The summed E-state index contributed by atoms with van der Waals surface area (Å²) in [5, 5.41) is 30.8. The van der Waals surface area contributed by atoms with Crippen LogP contribution in [0.4, 0.5) is 17.1 Å². The molecular formula is C24H18N4O5. The zero-order valence-corrected chi connectivity index (χ0v) is 17.7. The van der Waals surface area contributed by atoms with Gasteiger partial charge in [0, 0.05) is 29.9 Å². The second kappa shape index (κ2) is 8.83. The maximum absolute atomic E-state index is 13.0. The molecule has 0 unspecified atom stereocenters. The molecule has 0 fully saturated rings. The van der Waals surface area contributed by atoms with Crippen molar-refractivity contribution in [3.63, 3.8) is 0 Å². The van der Waals surface area contributed by atoms with Crippen LogP contribution in [0.3, 0.4) is 0 Å². The number of nitro benzene ring substituents is 1. The quantitative estimate of drug-likeness (QED) is 0.131. The highest BCUT2D eigenvalue weighted by molar-refractivity contribution is 6.01. The topological polar surface area (TPSA) is 127 Å². The number of azo groups is 1. The van der Waals surface area contributed by atoms with Crippen LogP contribution in [0, 0.1) is 24.0 Å². The highest BCUT2D eigenvalue weighted by Gasteiger charge is 2.17. The highest BCUT2D eigenvalue weighted by atomic mass is 16.6. The minimum absolute atomic E-state index is 0.109. The van der Waals surface area contributed by atoms with Crippen LogP contribution in [0.15, 0.2) is 77.2 Å². The lowest BCUT2D eigenvalue weighted by atomic mass is 10.1. The second-order valence-electron chi connectivity index (χ2n) is 7.36. The number of carbonyl (C=O) groups excluding carboxylic acids is 1. The Labute approximate surface area is 188 Å². The van der Waals surface area contributed by atoms with Crippen LogP contribution in [-0.2, 0) is 0 Å². The van der Waals surface area contributed by atoms with E-state index in [9.17, 15) is 20.0 Å². The van der Waals surface area contributed by atoms with Gasteiger partial charge in [-0.05, 0) is 72.8 Å². The molecule has 33 heavy (non-hydrogen) atoms. The molecule has 0 radical (unpaired) electrons. The van der Waals surface area contributed by atoms with E-state index in [1.165, 1.54) is 24.3 Å². The summed E-state index contributed by atoms with van der Waals surface area (Å²) >= 11 is 0. The Morgan fingerprint density at radius 2 is 1.70 bits per heavy atom. The number of esters is 1. The molecule has 4 aromatic rings. The van der Waals surface area contributed by atoms with Crippen molar-refractivity contribution in [3.05, 3.63) is 93.8 Å². The van der Waals surface area contributed by atoms with Gasteiger partial charge < -0.3 is 9.84 Å². The van der Waals surface area contributed by atoms with Crippen molar-refractivity contribution in [1.82, 2.24) is 4.98 Å². The third kappa shape index (κ3) is 4.67. The number of benzene rings is 3. The zero-order chi connectivity index (χ0) is 23.5. The van der Waals surface area contributed by atoms with Crippen molar-refractivity contribution in [3.8, 4) is 11.5 Å². The standard InChI is InChI=1S/C24H18N4O5/c1-14-9-18(10-15(2)23(14)29)26-27-22-12-17-13-25-8-7-16(17)11-21(22)24(30)33-20-5-3-19(4-6-20)28(31)32/h3-13,29H,1-2H3/b27-26+. The molecule has 3 aromatic carbocycles. The first-order chi connectivity index (χ1) is 15.8. The smallest absolute Gasteiger partial charge is 0.345 e. The molecule has 0 saturated carbocycles. The molecule has 9 heteroatoms. The number of non-ortho nitro benzene ring substituents is 1. The maximum atomic E-state index is 13.0. The number of ether oxygens (including phenoxy) is 1. The summed E-state index contributed by atoms with van der Waals surface area (Å²) in [6.45, 7) is 3.52. The number of phenolic OH excluding ortho intramolecular Hbond substituents is 1. The Hall–Kier alpha value is -4.66. The zero-order valence-electron chi connectivity index (χ0n) is 17.7. The van der Waals surface area contributed by atoms with Crippen LogP contribution in [-0.4, -0.2) is 21.0 Å². The van der Waals surface area contributed by atoms with Gasteiger partial charge in [-0.2, -0.15) is 5.11 Å². The van der Waals surface area contributed by atoms with E-state index in [0.29, 0.717) is 16.8 Å². The van der Waals surface area contributed by atoms with Crippen LogP contribution in [0.1, 0.15) is 21.5 Å². The fourth-order valence-corrected chi connectivity index (χ4v) is 3.27. The fourth-order valence-electron chi connectivity index (χ4n) is 3.27. The lowest BCUT2D eigenvalue weighted by Crippen LogP contribution is -2.09. The number of hydrogen-bond acceptors (Lipinski definition) is 8. The van der Waals surface area contributed by atoms with Crippen molar-refractivity contribution in [2.45, 2.75) is 13.8 Å². The normalized spacial score (nSPS) is 11.1. The molecule has 0 saturated heterocycles. The molecule has 0 amide bonds. The number of hydrogen-bond donors (Lipinski definition) is 1. The van der Waals surface area contributed by atoms with E-state index in [-0.39, 0.29) is 28.4 Å². The molecule has 0 spiro atoms. The maximum Gasteiger partial charge on any atom is 0.345 e. The highest BCUT2D eigenvalue weighted by Crippen LogP contribution is 2.31. The van der Waals surface area contributed by atoms with Crippen LogP contribution >= 0.6 is 0 Å². The molecule has 1 aromatic heterocycles. The first kappa shape index (κ1) is 21.6. The largest absolute Gasteiger partial charge is 0.507 e. The van der Waals surface area contributed by atoms with Crippen molar-refractivity contribution in [2.24, 2.45) is 10.2 Å². The van der Waals surface area contributed by atoms with E-state index in [4.69, 9.17) is 4.74 Å². The molecule has 0 aliphatic rings. The minimum atomic E-state index is -0.686. The van der Waals surface area contributed by atoms with Gasteiger partial charge in [0.2, 0.25) is 0 Å². The summed E-state index contributed by atoms with van der Waals surface area (Å²) in [4.78, 5) is 27.4. The number of fused-ring (bicyclic) bond motifs is 1. The van der Waals surface area contributed by atoms with Gasteiger partial charge in [-0.25, -0.2) is 4.79 Å². The summed E-state index contributed by atoms with van der Waals surface area (Å²) in [6.07, 6.45) is 3.26. The van der Waals surface area contributed by atoms with Gasteiger partial charge >= 0.3 is 5.97 Å². The average molecular weight is 442 g/mol. The number of pyridine rings is 1. The van der Waals surface area contributed by atoms with Crippen LogP contribution in [0.25, 0.3) is 10.8 Å².